The molecule has 1 aromatic carbocycles. The summed E-state index contributed by atoms with van der Waals surface area (Å²) in [5.41, 5.74) is 2.58. The SMILES string of the molecule is CCc1ccc(CNC(C)C#N)cc1. The zero-order valence-corrected chi connectivity index (χ0v) is 8.75. The van der Waals surface area contributed by atoms with Gasteiger partial charge < -0.3 is 0 Å². The van der Waals surface area contributed by atoms with Crippen molar-refractivity contribution in [3.63, 3.8) is 0 Å². The van der Waals surface area contributed by atoms with Crippen LogP contribution in [0.25, 0.3) is 0 Å². The lowest BCUT2D eigenvalue weighted by molar-refractivity contribution is 0.642. The first kappa shape index (κ1) is 10.7. The Hall–Kier alpha value is -1.33. The second-order valence-electron chi connectivity index (χ2n) is 3.40. The molecule has 0 aliphatic heterocycles. The Morgan fingerprint density at radius 3 is 2.36 bits per heavy atom. The first-order valence-electron chi connectivity index (χ1n) is 4.97. The number of rotatable bonds is 4. The fourth-order valence-corrected chi connectivity index (χ4v) is 1.21. The van der Waals surface area contributed by atoms with Crippen molar-refractivity contribution in [2.24, 2.45) is 0 Å². The van der Waals surface area contributed by atoms with Gasteiger partial charge in [-0.3, -0.25) is 5.32 Å². The molecule has 74 valence electrons. The summed E-state index contributed by atoms with van der Waals surface area (Å²) in [5, 5.41) is 11.7. The highest BCUT2D eigenvalue weighted by molar-refractivity contribution is 5.22. The summed E-state index contributed by atoms with van der Waals surface area (Å²) in [4.78, 5) is 0. The molecule has 1 unspecified atom stereocenters. The van der Waals surface area contributed by atoms with Crippen LogP contribution in [0, 0.1) is 11.3 Å². The van der Waals surface area contributed by atoms with Crippen molar-refractivity contribution in [3.05, 3.63) is 35.4 Å². The fourth-order valence-electron chi connectivity index (χ4n) is 1.21. The number of nitrogens with zero attached hydrogens (tertiary/aromatic N) is 1. The second kappa shape index (κ2) is 5.41. The van der Waals surface area contributed by atoms with E-state index in [-0.39, 0.29) is 6.04 Å². The lowest BCUT2D eigenvalue weighted by Crippen LogP contribution is -2.23. The highest BCUT2D eigenvalue weighted by Gasteiger charge is 1.98. The summed E-state index contributed by atoms with van der Waals surface area (Å²) in [6, 6.07) is 10.5. The third-order valence-corrected chi connectivity index (χ3v) is 2.24. The number of hydrogen-bond donors (Lipinski definition) is 1. The number of nitriles is 1. The number of aryl methyl sites for hydroxylation is 1. The van der Waals surface area contributed by atoms with E-state index in [0.29, 0.717) is 0 Å². The van der Waals surface area contributed by atoms with Gasteiger partial charge in [0.05, 0.1) is 12.1 Å². The molecule has 0 spiro atoms. The average molecular weight is 188 g/mol. The maximum Gasteiger partial charge on any atom is 0.0927 e. The minimum absolute atomic E-state index is 0.0825. The van der Waals surface area contributed by atoms with Gasteiger partial charge in [-0.1, -0.05) is 31.2 Å². The maximum absolute atomic E-state index is 8.58. The third-order valence-electron chi connectivity index (χ3n) is 2.24. The molecule has 1 rings (SSSR count). The molecule has 0 fully saturated rings. The molecule has 0 aliphatic rings. The first-order valence-corrected chi connectivity index (χ1v) is 4.97. The molecule has 1 N–H and O–H groups in total. The third kappa shape index (κ3) is 3.20. The number of hydrogen-bond acceptors (Lipinski definition) is 2. The highest BCUT2D eigenvalue weighted by Crippen LogP contribution is 2.04. The van der Waals surface area contributed by atoms with Crippen molar-refractivity contribution < 1.29 is 0 Å². The van der Waals surface area contributed by atoms with Crippen molar-refractivity contribution in [3.8, 4) is 6.07 Å². The van der Waals surface area contributed by atoms with Crippen molar-refractivity contribution in [1.29, 1.82) is 5.26 Å². The monoisotopic (exact) mass is 188 g/mol. The summed E-state index contributed by atoms with van der Waals surface area (Å²) >= 11 is 0. The van der Waals surface area contributed by atoms with Crippen molar-refractivity contribution >= 4 is 0 Å². The van der Waals surface area contributed by atoms with Crippen LogP contribution in [0.5, 0.6) is 0 Å². The van der Waals surface area contributed by atoms with Crippen LogP contribution in [0.4, 0.5) is 0 Å². The van der Waals surface area contributed by atoms with Crippen molar-refractivity contribution in [1.82, 2.24) is 5.32 Å². The van der Waals surface area contributed by atoms with Gasteiger partial charge in [0, 0.05) is 6.54 Å². The Kier molecular flexibility index (Phi) is 4.15. The fraction of sp³-hybridized carbons (Fsp3) is 0.417. The second-order valence-corrected chi connectivity index (χ2v) is 3.40. The van der Waals surface area contributed by atoms with E-state index in [2.05, 4.69) is 42.6 Å². The Morgan fingerprint density at radius 1 is 1.29 bits per heavy atom. The van der Waals surface area contributed by atoms with E-state index in [9.17, 15) is 0 Å². The van der Waals surface area contributed by atoms with E-state index in [0.717, 1.165) is 13.0 Å². The van der Waals surface area contributed by atoms with Gasteiger partial charge in [-0.25, -0.2) is 0 Å². The maximum atomic E-state index is 8.58. The number of benzene rings is 1. The first-order chi connectivity index (χ1) is 6.76. The molecule has 0 saturated carbocycles. The summed E-state index contributed by atoms with van der Waals surface area (Å²) in [5.74, 6) is 0. The predicted molar refractivity (Wildman–Crippen MR) is 57.7 cm³/mol. The van der Waals surface area contributed by atoms with Gasteiger partial charge in [-0.05, 0) is 24.5 Å². The largest absolute Gasteiger partial charge is 0.298 e. The molecule has 0 aliphatic carbocycles. The van der Waals surface area contributed by atoms with Gasteiger partial charge in [0.1, 0.15) is 0 Å². The van der Waals surface area contributed by atoms with Gasteiger partial charge in [0.25, 0.3) is 0 Å². The summed E-state index contributed by atoms with van der Waals surface area (Å²) in [6.45, 7) is 4.77. The van der Waals surface area contributed by atoms with E-state index in [1.165, 1.54) is 11.1 Å². The molecule has 14 heavy (non-hydrogen) atoms. The zero-order valence-electron chi connectivity index (χ0n) is 8.75. The van der Waals surface area contributed by atoms with E-state index in [1.807, 2.05) is 6.92 Å². The van der Waals surface area contributed by atoms with E-state index in [4.69, 9.17) is 5.26 Å². The van der Waals surface area contributed by atoms with Crippen LogP contribution in [0.15, 0.2) is 24.3 Å². The molecule has 2 nitrogen and oxygen atoms in total. The molecular formula is C12H16N2. The molecular weight excluding hydrogens is 172 g/mol. The van der Waals surface area contributed by atoms with Gasteiger partial charge in [-0.2, -0.15) is 5.26 Å². The molecule has 0 aromatic heterocycles. The minimum Gasteiger partial charge on any atom is -0.298 e. The normalized spacial score (nSPS) is 12.1. The van der Waals surface area contributed by atoms with Gasteiger partial charge in [0.15, 0.2) is 0 Å². The standard InChI is InChI=1S/C12H16N2/c1-3-11-4-6-12(7-5-11)9-14-10(2)8-13/h4-7,10,14H,3,9H2,1-2H3. The Balaban J connectivity index is 2.48. The smallest absolute Gasteiger partial charge is 0.0927 e. The highest BCUT2D eigenvalue weighted by atomic mass is 14.9. The predicted octanol–water partition coefficient (Wildman–Crippen LogP) is 2.25. The Labute approximate surface area is 85.6 Å². The van der Waals surface area contributed by atoms with Crippen LogP contribution in [0.1, 0.15) is 25.0 Å². The molecule has 1 aromatic rings. The molecule has 0 heterocycles. The van der Waals surface area contributed by atoms with Crippen LogP contribution in [-0.4, -0.2) is 6.04 Å². The number of nitrogens with one attached hydrogen (secondary N) is 1. The topological polar surface area (TPSA) is 35.8 Å². The molecule has 0 radical (unpaired) electrons. The van der Waals surface area contributed by atoms with Gasteiger partial charge in [0.2, 0.25) is 0 Å². The van der Waals surface area contributed by atoms with Crippen LogP contribution in [0.3, 0.4) is 0 Å². The summed E-state index contributed by atoms with van der Waals surface area (Å²) < 4.78 is 0. The van der Waals surface area contributed by atoms with Gasteiger partial charge >= 0.3 is 0 Å². The molecule has 0 bridgehead atoms. The average Bonchev–Trinajstić information content (AvgIpc) is 2.26. The lowest BCUT2D eigenvalue weighted by atomic mass is 10.1. The van der Waals surface area contributed by atoms with Gasteiger partial charge in [-0.15, -0.1) is 0 Å². The summed E-state index contributed by atoms with van der Waals surface area (Å²) in [6.07, 6.45) is 1.07. The Bertz CT molecular complexity index is 308. The zero-order chi connectivity index (χ0) is 10.4. The van der Waals surface area contributed by atoms with Crippen LogP contribution in [0.2, 0.25) is 0 Å². The minimum atomic E-state index is -0.0825. The van der Waals surface area contributed by atoms with Crippen LogP contribution >= 0.6 is 0 Å². The quantitative estimate of drug-likeness (QED) is 0.786. The molecule has 2 heteroatoms. The van der Waals surface area contributed by atoms with Crippen molar-refractivity contribution in [2.45, 2.75) is 32.9 Å². The van der Waals surface area contributed by atoms with E-state index in [1.54, 1.807) is 0 Å². The van der Waals surface area contributed by atoms with Crippen LogP contribution < -0.4 is 5.32 Å². The van der Waals surface area contributed by atoms with E-state index >= 15 is 0 Å². The lowest BCUT2D eigenvalue weighted by Gasteiger charge is -2.06. The van der Waals surface area contributed by atoms with Crippen molar-refractivity contribution in [2.75, 3.05) is 0 Å². The molecule has 1 atom stereocenters. The summed E-state index contributed by atoms with van der Waals surface area (Å²) in [7, 11) is 0. The Morgan fingerprint density at radius 2 is 1.86 bits per heavy atom. The molecule has 0 saturated heterocycles. The van der Waals surface area contributed by atoms with E-state index < -0.39 is 0 Å². The molecule has 0 amide bonds. The van der Waals surface area contributed by atoms with Crippen LogP contribution in [-0.2, 0) is 13.0 Å².